The summed E-state index contributed by atoms with van der Waals surface area (Å²) < 4.78 is 2.06. The molecule has 168 valence electrons. The average molecular weight is 434 g/mol. The molecule has 1 saturated carbocycles. The molecule has 0 spiro atoms. The number of nitrogens with one attached hydrogen (secondary N) is 2. The van der Waals surface area contributed by atoms with Gasteiger partial charge in [-0.15, -0.1) is 0 Å². The molecule has 2 aromatic heterocycles. The van der Waals surface area contributed by atoms with Crippen LogP contribution in [0.3, 0.4) is 0 Å². The molecule has 0 radical (unpaired) electrons. The van der Waals surface area contributed by atoms with E-state index in [2.05, 4.69) is 33.2 Å². The van der Waals surface area contributed by atoms with Gasteiger partial charge < -0.3 is 20.3 Å². The van der Waals surface area contributed by atoms with Crippen LogP contribution in [-0.4, -0.2) is 43.7 Å². The maximum atomic E-state index is 12.6. The fourth-order valence-electron chi connectivity index (χ4n) is 3.62. The first kappa shape index (κ1) is 22.0. The molecular weight excluding hydrogens is 402 g/mol. The fourth-order valence-corrected chi connectivity index (χ4v) is 3.62. The lowest BCUT2D eigenvalue weighted by molar-refractivity contribution is 0.0951. The van der Waals surface area contributed by atoms with Crippen molar-refractivity contribution in [1.29, 1.82) is 0 Å². The van der Waals surface area contributed by atoms with Crippen molar-refractivity contribution in [2.24, 2.45) is 0 Å². The number of rotatable bonds is 8. The van der Waals surface area contributed by atoms with Crippen molar-refractivity contribution in [3.05, 3.63) is 54.0 Å². The topological polar surface area (TPSA) is 92.1 Å². The maximum absolute atomic E-state index is 12.6. The molecule has 7 heteroatoms. The lowest BCUT2D eigenvalue weighted by Crippen LogP contribution is -2.35. The van der Waals surface area contributed by atoms with E-state index in [1.165, 1.54) is 0 Å². The summed E-state index contributed by atoms with van der Waals surface area (Å²) in [4.78, 5) is 21.9. The number of nitrogens with zero attached hydrogens (tertiary/aromatic N) is 3. The van der Waals surface area contributed by atoms with Crippen molar-refractivity contribution in [2.45, 2.75) is 58.7 Å². The standard InChI is InChI=1S/C25H31N5O2/c1-5-30-11-10-26-23(30)21-13-18(14-27-22(21)29-25(3,4)15-31)20-12-17(7-6-16(20)2)24(32)28-19-8-9-19/h6-7,10-14,19,31H,5,8-9,15H2,1-4H3,(H,27,29)(H,28,32). The van der Waals surface area contributed by atoms with E-state index in [0.717, 1.165) is 47.5 Å². The number of pyridine rings is 1. The molecule has 3 N–H and O–H groups in total. The van der Waals surface area contributed by atoms with Crippen molar-refractivity contribution >= 4 is 11.7 Å². The first-order chi connectivity index (χ1) is 15.3. The Labute approximate surface area is 188 Å². The Morgan fingerprint density at radius 3 is 2.69 bits per heavy atom. The largest absolute Gasteiger partial charge is 0.394 e. The maximum Gasteiger partial charge on any atom is 0.251 e. The summed E-state index contributed by atoms with van der Waals surface area (Å²) in [5.41, 5.74) is 3.90. The Kier molecular flexibility index (Phi) is 6.02. The fraction of sp³-hybridized carbons (Fsp3) is 0.400. The Morgan fingerprint density at radius 2 is 2.00 bits per heavy atom. The Bertz CT molecular complexity index is 1130. The van der Waals surface area contributed by atoms with E-state index < -0.39 is 5.54 Å². The molecule has 32 heavy (non-hydrogen) atoms. The molecule has 1 aliphatic carbocycles. The van der Waals surface area contributed by atoms with Crippen LogP contribution in [0.1, 0.15) is 49.5 Å². The predicted molar refractivity (Wildman–Crippen MR) is 127 cm³/mol. The van der Waals surface area contributed by atoms with Gasteiger partial charge >= 0.3 is 0 Å². The number of benzene rings is 1. The number of carbonyl (C=O) groups excluding carboxylic acids is 1. The first-order valence-corrected chi connectivity index (χ1v) is 11.1. The molecule has 0 bridgehead atoms. The molecule has 0 unspecified atom stereocenters. The first-order valence-electron chi connectivity index (χ1n) is 11.1. The number of hydrogen-bond donors (Lipinski definition) is 3. The smallest absolute Gasteiger partial charge is 0.251 e. The van der Waals surface area contributed by atoms with Crippen LogP contribution in [0.4, 0.5) is 5.82 Å². The summed E-state index contributed by atoms with van der Waals surface area (Å²) in [5.74, 6) is 1.43. The van der Waals surface area contributed by atoms with Gasteiger partial charge in [-0.3, -0.25) is 4.79 Å². The quantitative estimate of drug-likeness (QED) is 0.499. The number of carbonyl (C=O) groups is 1. The van der Waals surface area contributed by atoms with E-state index in [-0.39, 0.29) is 12.5 Å². The molecule has 1 fully saturated rings. The van der Waals surface area contributed by atoms with Gasteiger partial charge in [0.15, 0.2) is 0 Å². The van der Waals surface area contributed by atoms with Gasteiger partial charge in [-0.1, -0.05) is 6.07 Å². The number of aliphatic hydroxyl groups is 1. The van der Waals surface area contributed by atoms with E-state index in [4.69, 9.17) is 4.98 Å². The second kappa shape index (κ2) is 8.74. The van der Waals surface area contributed by atoms with Crippen LogP contribution in [0.2, 0.25) is 0 Å². The van der Waals surface area contributed by atoms with Gasteiger partial charge in [0.05, 0.1) is 17.7 Å². The highest BCUT2D eigenvalue weighted by atomic mass is 16.3. The molecular formula is C25H31N5O2. The summed E-state index contributed by atoms with van der Waals surface area (Å²) in [6.45, 7) is 8.69. The third-order valence-corrected chi connectivity index (χ3v) is 5.76. The normalized spacial score (nSPS) is 13.8. The highest BCUT2D eigenvalue weighted by Crippen LogP contribution is 2.33. The van der Waals surface area contributed by atoms with E-state index in [9.17, 15) is 9.90 Å². The van der Waals surface area contributed by atoms with Crippen LogP contribution in [0, 0.1) is 6.92 Å². The molecule has 0 saturated heterocycles. The molecule has 1 aromatic carbocycles. The lowest BCUT2D eigenvalue weighted by Gasteiger charge is -2.26. The van der Waals surface area contributed by atoms with Crippen LogP contribution in [0.25, 0.3) is 22.5 Å². The number of aryl methyl sites for hydroxylation is 2. The zero-order chi connectivity index (χ0) is 22.9. The van der Waals surface area contributed by atoms with Crippen molar-refractivity contribution in [1.82, 2.24) is 19.9 Å². The second-order valence-electron chi connectivity index (χ2n) is 9.10. The minimum atomic E-state index is -0.538. The van der Waals surface area contributed by atoms with Crippen LogP contribution >= 0.6 is 0 Å². The third-order valence-electron chi connectivity index (χ3n) is 5.76. The monoisotopic (exact) mass is 433 g/mol. The number of anilines is 1. The Hall–Kier alpha value is -3.19. The summed E-state index contributed by atoms with van der Waals surface area (Å²) in [6, 6.07) is 8.15. The Balaban J connectivity index is 1.78. The van der Waals surface area contributed by atoms with Crippen molar-refractivity contribution in [3.63, 3.8) is 0 Å². The van der Waals surface area contributed by atoms with Crippen LogP contribution in [0.5, 0.6) is 0 Å². The SMILES string of the molecule is CCn1ccnc1-c1cc(-c2cc(C(=O)NC3CC3)ccc2C)cnc1NC(C)(C)CO. The van der Waals surface area contributed by atoms with E-state index in [0.29, 0.717) is 17.4 Å². The van der Waals surface area contributed by atoms with Gasteiger partial charge in [-0.2, -0.15) is 0 Å². The van der Waals surface area contributed by atoms with Gasteiger partial charge in [0.2, 0.25) is 0 Å². The van der Waals surface area contributed by atoms with Crippen molar-refractivity contribution < 1.29 is 9.90 Å². The molecule has 3 aromatic rings. The van der Waals surface area contributed by atoms with Crippen LogP contribution in [0.15, 0.2) is 42.9 Å². The van der Waals surface area contributed by atoms with Gasteiger partial charge in [-0.25, -0.2) is 9.97 Å². The molecule has 7 nitrogen and oxygen atoms in total. The number of imidazole rings is 1. The van der Waals surface area contributed by atoms with Crippen LogP contribution < -0.4 is 10.6 Å². The van der Waals surface area contributed by atoms with E-state index in [1.54, 1.807) is 6.20 Å². The van der Waals surface area contributed by atoms with Crippen LogP contribution in [-0.2, 0) is 6.54 Å². The summed E-state index contributed by atoms with van der Waals surface area (Å²) in [6.07, 6.45) is 7.64. The summed E-state index contributed by atoms with van der Waals surface area (Å²) in [5, 5.41) is 16.2. The minimum Gasteiger partial charge on any atom is -0.394 e. The molecule has 1 amide bonds. The summed E-state index contributed by atoms with van der Waals surface area (Å²) >= 11 is 0. The summed E-state index contributed by atoms with van der Waals surface area (Å²) in [7, 11) is 0. The van der Waals surface area contributed by atoms with Crippen molar-refractivity contribution in [2.75, 3.05) is 11.9 Å². The minimum absolute atomic E-state index is 0.0324. The van der Waals surface area contributed by atoms with Gasteiger partial charge in [0, 0.05) is 42.3 Å². The average Bonchev–Trinajstić information content (AvgIpc) is 3.46. The molecule has 1 aliphatic rings. The highest BCUT2D eigenvalue weighted by molar-refractivity contribution is 5.96. The molecule has 2 heterocycles. The second-order valence-corrected chi connectivity index (χ2v) is 9.10. The number of hydrogen-bond acceptors (Lipinski definition) is 5. The highest BCUT2D eigenvalue weighted by Gasteiger charge is 2.25. The predicted octanol–water partition coefficient (Wildman–Crippen LogP) is 4.02. The zero-order valence-corrected chi connectivity index (χ0v) is 19.1. The van der Waals surface area contributed by atoms with E-state index >= 15 is 0 Å². The van der Waals surface area contributed by atoms with Gasteiger partial charge in [0.1, 0.15) is 11.6 Å². The number of aromatic nitrogens is 3. The number of amides is 1. The van der Waals surface area contributed by atoms with Crippen molar-refractivity contribution in [3.8, 4) is 22.5 Å². The van der Waals surface area contributed by atoms with E-state index in [1.807, 2.05) is 51.4 Å². The molecule has 0 atom stereocenters. The zero-order valence-electron chi connectivity index (χ0n) is 19.1. The van der Waals surface area contributed by atoms with Gasteiger partial charge in [0.25, 0.3) is 5.91 Å². The Morgan fingerprint density at radius 1 is 1.22 bits per heavy atom. The lowest BCUT2D eigenvalue weighted by atomic mass is 9.97. The van der Waals surface area contributed by atoms with Gasteiger partial charge in [-0.05, 0) is 69.9 Å². The molecule has 4 rings (SSSR count). The third kappa shape index (κ3) is 4.67. The number of aliphatic hydroxyl groups excluding tert-OH is 1. The molecule has 0 aliphatic heterocycles.